The second-order valence-corrected chi connectivity index (χ2v) is 4.95. The van der Waals surface area contributed by atoms with Crippen molar-refractivity contribution in [1.82, 2.24) is 10.3 Å². The molecule has 0 aliphatic heterocycles. The summed E-state index contributed by atoms with van der Waals surface area (Å²) in [5, 5.41) is 0. The second kappa shape index (κ2) is 5.04. The molecule has 0 aromatic heterocycles. The van der Waals surface area contributed by atoms with Crippen molar-refractivity contribution in [2.24, 2.45) is 0 Å². The molecule has 1 rings (SSSR count). The van der Waals surface area contributed by atoms with E-state index in [2.05, 4.69) is 0 Å². The summed E-state index contributed by atoms with van der Waals surface area (Å²) in [4.78, 5) is 13.2. The largest absolute Gasteiger partial charge is 0.274 e. The molecule has 0 fully saturated rings. The van der Waals surface area contributed by atoms with Crippen molar-refractivity contribution in [3.05, 3.63) is 35.6 Å². The standard InChI is InChI=1S/C9H11FN2O3S/c1-2-16(14,15)12-11-9(13)7-5-3-4-6-8(7)10/h3-6,12H,2H2,1H3,(H,11,13). The zero-order valence-corrected chi connectivity index (χ0v) is 9.34. The van der Waals surface area contributed by atoms with Gasteiger partial charge in [0, 0.05) is 0 Å². The van der Waals surface area contributed by atoms with Crippen LogP contribution in [0.4, 0.5) is 4.39 Å². The number of halogens is 1. The second-order valence-electron chi connectivity index (χ2n) is 2.94. The van der Waals surface area contributed by atoms with Crippen LogP contribution in [0.1, 0.15) is 17.3 Å². The van der Waals surface area contributed by atoms with Crippen LogP contribution in [0.2, 0.25) is 0 Å². The van der Waals surface area contributed by atoms with Gasteiger partial charge in [-0.15, -0.1) is 4.83 Å². The van der Waals surface area contributed by atoms with E-state index in [1.54, 1.807) is 0 Å². The summed E-state index contributed by atoms with van der Waals surface area (Å²) in [6.45, 7) is 1.41. The Labute approximate surface area is 92.7 Å². The number of carbonyl (C=O) groups excluding carboxylic acids is 1. The maximum absolute atomic E-state index is 13.1. The van der Waals surface area contributed by atoms with Gasteiger partial charge in [0.2, 0.25) is 10.0 Å². The Bertz CT molecular complexity index is 487. The molecule has 0 atom stereocenters. The molecule has 0 bridgehead atoms. The lowest BCUT2D eigenvalue weighted by atomic mass is 10.2. The molecule has 0 aliphatic rings. The topological polar surface area (TPSA) is 75.3 Å². The monoisotopic (exact) mass is 246 g/mol. The van der Waals surface area contributed by atoms with E-state index in [9.17, 15) is 17.6 Å². The lowest BCUT2D eigenvalue weighted by molar-refractivity contribution is 0.0941. The number of rotatable bonds is 4. The summed E-state index contributed by atoms with van der Waals surface area (Å²) in [6, 6.07) is 5.28. The van der Waals surface area contributed by atoms with Gasteiger partial charge in [-0.05, 0) is 19.1 Å². The van der Waals surface area contributed by atoms with E-state index in [1.807, 2.05) is 10.3 Å². The third-order valence-corrected chi connectivity index (χ3v) is 2.99. The van der Waals surface area contributed by atoms with Crippen molar-refractivity contribution in [3.8, 4) is 0 Å². The van der Waals surface area contributed by atoms with Crippen LogP contribution in [-0.4, -0.2) is 20.1 Å². The highest BCUT2D eigenvalue weighted by Gasteiger charge is 2.13. The molecule has 0 heterocycles. The lowest BCUT2D eigenvalue weighted by Crippen LogP contribution is -2.42. The highest BCUT2D eigenvalue weighted by Crippen LogP contribution is 2.05. The molecule has 1 aromatic carbocycles. The van der Waals surface area contributed by atoms with E-state index in [1.165, 1.54) is 25.1 Å². The molecule has 0 spiro atoms. The molecular weight excluding hydrogens is 235 g/mol. The minimum absolute atomic E-state index is 0.176. The zero-order valence-electron chi connectivity index (χ0n) is 8.53. The van der Waals surface area contributed by atoms with Gasteiger partial charge in [0.15, 0.2) is 0 Å². The Balaban J connectivity index is 2.71. The quantitative estimate of drug-likeness (QED) is 0.755. The molecule has 7 heteroatoms. The van der Waals surface area contributed by atoms with Crippen LogP contribution >= 0.6 is 0 Å². The lowest BCUT2D eigenvalue weighted by Gasteiger charge is -2.06. The van der Waals surface area contributed by atoms with Crippen LogP contribution in [0, 0.1) is 5.82 Å². The average molecular weight is 246 g/mol. The van der Waals surface area contributed by atoms with Gasteiger partial charge in [-0.25, -0.2) is 12.8 Å². The number of hydrogen-bond donors (Lipinski definition) is 2. The van der Waals surface area contributed by atoms with Crippen molar-refractivity contribution in [2.45, 2.75) is 6.92 Å². The Kier molecular flexibility index (Phi) is 3.97. The maximum atomic E-state index is 13.1. The molecule has 0 saturated heterocycles. The number of amides is 1. The van der Waals surface area contributed by atoms with Gasteiger partial charge >= 0.3 is 0 Å². The Morgan fingerprint density at radius 2 is 2.00 bits per heavy atom. The molecule has 88 valence electrons. The van der Waals surface area contributed by atoms with E-state index in [0.717, 1.165) is 6.07 Å². The number of hydrazine groups is 1. The minimum Gasteiger partial charge on any atom is -0.274 e. The van der Waals surface area contributed by atoms with Gasteiger partial charge < -0.3 is 0 Å². The van der Waals surface area contributed by atoms with Crippen LogP contribution in [-0.2, 0) is 10.0 Å². The molecule has 0 radical (unpaired) electrons. The average Bonchev–Trinajstić information content (AvgIpc) is 2.27. The first-order valence-corrected chi connectivity index (χ1v) is 6.16. The number of benzene rings is 1. The predicted octanol–water partition coefficient (Wildman–Crippen LogP) is 0.410. The molecular formula is C9H11FN2O3S. The molecule has 0 aliphatic carbocycles. The Hall–Kier alpha value is -1.47. The third kappa shape index (κ3) is 3.28. The van der Waals surface area contributed by atoms with Gasteiger partial charge in [0.1, 0.15) is 5.82 Å². The van der Waals surface area contributed by atoms with Crippen LogP contribution < -0.4 is 10.3 Å². The molecule has 0 unspecified atom stereocenters. The van der Waals surface area contributed by atoms with Crippen molar-refractivity contribution >= 4 is 15.9 Å². The zero-order chi connectivity index (χ0) is 12.2. The summed E-state index contributed by atoms with van der Waals surface area (Å²) in [5.41, 5.74) is 1.69. The smallest absolute Gasteiger partial charge is 0.269 e. The van der Waals surface area contributed by atoms with Crippen LogP contribution in [0.15, 0.2) is 24.3 Å². The fraction of sp³-hybridized carbons (Fsp3) is 0.222. The summed E-state index contributed by atoms with van der Waals surface area (Å²) < 4.78 is 35.1. The van der Waals surface area contributed by atoms with E-state index < -0.39 is 21.7 Å². The summed E-state index contributed by atoms with van der Waals surface area (Å²) in [5.74, 6) is -1.73. The van der Waals surface area contributed by atoms with Crippen molar-refractivity contribution in [1.29, 1.82) is 0 Å². The van der Waals surface area contributed by atoms with Crippen LogP contribution in [0.3, 0.4) is 0 Å². The van der Waals surface area contributed by atoms with Crippen molar-refractivity contribution < 1.29 is 17.6 Å². The van der Waals surface area contributed by atoms with E-state index >= 15 is 0 Å². The minimum atomic E-state index is -3.54. The molecule has 1 amide bonds. The Morgan fingerprint density at radius 3 is 2.56 bits per heavy atom. The first kappa shape index (κ1) is 12.6. The van der Waals surface area contributed by atoms with Crippen molar-refractivity contribution in [3.63, 3.8) is 0 Å². The number of sulfonamides is 1. The fourth-order valence-corrected chi connectivity index (χ4v) is 1.30. The highest BCUT2D eigenvalue weighted by atomic mass is 32.2. The highest BCUT2D eigenvalue weighted by molar-refractivity contribution is 7.89. The Morgan fingerprint density at radius 1 is 1.38 bits per heavy atom. The van der Waals surface area contributed by atoms with E-state index in [0.29, 0.717) is 0 Å². The van der Waals surface area contributed by atoms with Gasteiger partial charge in [-0.3, -0.25) is 10.2 Å². The van der Waals surface area contributed by atoms with E-state index in [4.69, 9.17) is 0 Å². The predicted molar refractivity (Wildman–Crippen MR) is 56.5 cm³/mol. The van der Waals surface area contributed by atoms with E-state index in [-0.39, 0.29) is 11.3 Å². The van der Waals surface area contributed by atoms with Crippen molar-refractivity contribution in [2.75, 3.05) is 5.75 Å². The molecule has 16 heavy (non-hydrogen) atoms. The molecule has 0 saturated carbocycles. The first-order valence-electron chi connectivity index (χ1n) is 4.50. The molecule has 2 N–H and O–H groups in total. The fourth-order valence-electron chi connectivity index (χ4n) is 0.909. The van der Waals surface area contributed by atoms with Gasteiger partial charge in [0.05, 0.1) is 11.3 Å². The van der Waals surface area contributed by atoms with Gasteiger partial charge in [-0.2, -0.15) is 0 Å². The van der Waals surface area contributed by atoms with Gasteiger partial charge in [-0.1, -0.05) is 12.1 Å². The number of hydrogen-bond acceptors (Lipinski definition) is 3. The SMILES string of the molecule is CCS(=O)(=O)NNC(=O)c1ccccc1F. The first-order chi connectivity index (χ1) is 7.46. The van der Waals surface area contributed by atoms with Crippen LogP contribution in [0.25, 0.3) is 0 Å². The molecule has 1 aromatic rings. The van der Waals surface area contributed by atoms with Crippen LogP contribution in [0.5, 0.6) is 0 Å². The summed E-state index contributed by atoms with van der Waals surface area (Å²) >= 11 is 0. The number of carbonyl (C=O) groups is 1. The summed E-state index contributed by atoms with van der Waals surface area (Å²) in [6.07, 6.45) is 0. The number of nitrogens with one attached hydrogen (secondary N) is 2. The molecule has 5 nitrogen and oxygen atoms in total. The summed E-state index contributed by atoms with van der Waals surface area (Å²) in [7, 11) is -3.54. The maximum Gasteiger partial charge on any atom is 0.269 e. The third-order valence-electron chi connectivity index (χ3n) is 1.82. The normalized spacial score (nSPS) is 11.1. The van der Waals surface area contributed by atoms with Gasteiger partial charge in [0.25, 0.3) is 5.91 Å².